The van der Waals surface area contributed by atoms with Crippen LogP contribution in [0.1, 0.15) is 30.1 Å². The van der Waals surface area contributed by atoms with Gasteiger partial charge in [-0.05, 0) is 25.3 Å². The molecule has 1 aliphatic heterocycles. The van der Waals surface area contributed by atoms with Crippen LogP contribution in [0.5, 0.6) is 0 Å². The number of aliphatic hydroxyl groups is 1. The van der Waals surface area contributed by atoms with Crippen LogP contribution in [0, 0.1) is 6.92 Å². The van der Waals surface area contributed by atoms with Gasteiger partial charge in [0.05, 0.1) is 17.6 Å². The fourth-order valence-electron chi connectivity index (χ4n) is 2.37. The molecule has 0 saturated carbocycles. The maximum Gasteiger partial charge on any atom is 0.151 e. The first kappa shape index (κ1) is 14.5. The number of aryl methyl sites for hydroxylation is 1. The van der Waals surface area contributed by atoms with Crippen molar-refractivity contribution in [2.45, 2.75) is 31.9 Å². The third kappa shape index (κ3) is 4.30. The number of hydrogen-bond acceptors (Lipinski definition) is 4. The molecule has 1 aliphatic rings. The SMILES string of the molecule is Cc1ccc(C(O)CNC2CCCS(=O)(=O)C2)cc1. The van der Waals surface area contributed by atoms with Crippen LogP contribution in [0.2, 0.25) is 0 Å². The summed E-state index contributed by atoms with van der Waals surface area (Å²) in [4.78, 5) is 0. The molecule has 0 radical (unpaired) electrons. The Morgan fingerprint density at radius 1 is 1.37 bits per heavy atom. The highest BCUT2D eigenvalue weighted by Crippen LogP contribution is 2.15. The standard InChI is InChI=1S/C14H21NO3S/c1-11-4-6-12(7-5-11)14(16)9-15-13-3-2-8-19(17,18)10-13/h4-7,13-16H,2-3,8-10H2,1H3. The van der Waals surface area contributed by atoms with Crippen molar-refractivity contribution >= 4 is 9.84 Å². The van der Waals surface area contributed by atoms with Crippen LogP contribution in [0.3, 0.4) is 0 Å². The summed E-state index contributed by atoms with van der Waals surface area (Å²) in [5.74, 6) is 0.485. The molecule has 0 spiro atoms. The van der Waals surface area contributed by atoms with Gasteiger partial charge in [0.2, 0.25) is 0 Å². The second-order valence-electron chi connectivity index (χ2n) is 5.29. The lowest BCUT2D eigenvalue weighted by Gasteiger charge is -2.24. The summed E-state index contributed by atoms with van der Waals surface area (Å²) in [6.45, 7) is 2.39. The van der Waals surface area contributed by atoms with E-state index in [1.165, 1.54) is 0 Å². The predicted octanol–water partition coefficient (Wildman–Crippen LogP) is 1.20. The lowest BCUT2D eigenvalue weighted by molar-refractivity contribution is 0.170. The van der Waals surface area contributed by atoms with Gasteiger partial charge in [-0.2, -0.15) is 0 Å². The topological polar surface area (TPSA) is 66.4 Å². The van der Waals surface area contributed by atoms with E-state index in [0.29, 0.717) is 18.7 Å². The second kappa shape index (κ2) is 6.03. The van der Waals surface area contributed by atoms with Crippen LogP contribution in [-0.4, -0.2) is 37.6 Å². The Balaban J connectivity index is 1.86. The summed E-state index contributed by atoms with van der Waals surface area (Å²) >= 11 is 0. The first-order valence-electron chi connectivity index (χ1n) is 6.65. The Morgan fingerprint density at radius 3 is 2.68 bits per heavy atom. The summed E-state index contributed by atoms with van der Waals surface area (Å²) in [6, 6.07) is 7.70. The summed E-state index contributed by atoms with van der Waals surface area (Å²) in [5.41, 5.74) is 2.01. The van der Waals surface area contributed by atoms with Crippen molar-refractivity contribution in [1.82, 2.24) is 5.32 Å². The first-order chi connectivity index (χ1) is 8.96. The normalized spacial score (nSPS) is 24.0. The van der Waals surface area contributed by atoms with Crippen LogP contribution >= 0.6 is 0 Å². The van der Waals surface area contributed by atoms with Gasteiger partial charge in [-0.25, -0.2) is 8.42 Å². The number of nitrogens with one attached hydrogen (secondary N) is 1. The van der Waals surface area contributed by atoms with Gasteiger partial charge < -0.3 is 10.4 Å². The van der Waals surface area contributed by atoms with E-state index in [-0.39, 0.29) is 11.8 Å². The summed E-state index contributed by atoms with van der Waals surface area (Å²) in [7, 11) is -2.89. The molecule has 0 aliphatic carbocycles. The molecule has 1 aromatic carbocycles. The van der Waals surface area contributed by atoms with Gasteiger partial charge in [0.1, 0.15) is 0 Å². The zero-order valence-corrected chi connectivity index (χ0v) is 12.0. The van der Waals surface area contributed by atoms with Crippen molar-refractivity contribution in [2.24, 2.45) is 0 Å². The molecule has 0 bridgehead atoms. The van der Waals surface area contributed by atoms with E-state index in [9.17, 15) is 13.5 Å². The van der Waals surface area contributed by atoms with Crippen LogP contribution in [0.4, 0.5) is 0 Å². The van der Waals surface area contributed by atoms with Gasteiger partial charge in [-0.1, -0.05) is 29.8 Å². The van der Waals surface area contributed by atoms with E-state index >= 15 is 0 Å². The number of hydrogen-bond donors (Lipinski definition) is 2. The Bertz CT molecular complexity index is 510. The van der Waals surface area contributed by atoms with Crippen molar-refractivity contribution in [2.75, 3.05) is 18.1 Å². The first-order valence-corrected chi connectivity index (χ1v) is 8.47. The highest BCUT2D eigenvalue weighted by molar-refractivity contribution is 7.91. The lowest BCUT2D eigenvalue weighted by atomic mass is 10.1. The van der Waals surface area contributed by atoms with E-state index < -0.39 is 15.9 Å². The van der Waals surface area contributed by atoms with E-state index in [4.69, 9.17) is 0 Å². The fraction of sp³-hybridized carbons (Fsp3) is 0.571. The minimum absolute atomic E-state index is 0.0288. The molecule has 1 heterocycles. The van der Waals surface area contributed by atoms with Crippen molar-refractivity contribution in [3.8, 4) is 0 Å². The fourth-order valence-corrected chi connectivity index (χ4v) is 4.04. The molecule has 1 aromatic rings. The van der Waals surface area contributed by atoms with E-state index in [2.05, 4.69) is 5.32 Å². The molecule has 2 rings (SSSR count). The molecule has 0 aromatic heterocycles. The van der Waals surface area contributed by atoms with Crippen molar-refractivity contribution in [3.05, 3.63) is 35.4 Å². The minimum Gasteiger partial charge on any atom is -0.387 e. The summed E-state index contributed by atoms with van der Waals surface area (Å²) in [5, 5.41) is 13.2. The molecule has 2 atom stereocenters. The average Bonchev–Trinajstić information content (AvgIpc) is 2.36. The third-order valence-electron chi connectivity index (χ3n) is 3.53. The zero-order chi connectivity index (χ0) is 13.9. The molecular formula is C14H21NO3S. The molecule has 1 saturated heterocycles. The summed E-state index contributed by atoms with van der Waals surface area (Å²) in [6.07, 6.45) is 0.978. The Labute approximate surface area is 114 Å². The largest absolute Gasteiger partial charge is 0.387 e. The van der Waals surface area contributed by atoms with Crippen LogP contribution in [-0.2, 0) is 9.84 Å². The van der Waals surface area contributed by atoms with Gasteiger partial charge in [0.15, 0.2) is 9.84 Å². The van der Waals surface area contributed by atoms with Gasteiger partial charge in [0, 0.05) is 12.6 Å². The number of aliphatic hydroxyl groups excluding tert-OH is 1. The van der Waals surface area contributed by atoms with Crippen LogP contribution in [0.15, 0.2) is 24.3 Å². The zero-order valence-electron chi connectivity index (χ0n) is 11.2. The molecule has 5 heteroatoms. The monoisotopic (exact) mass is 283 g/mol. The highest BCUT2D eigenvalue weighted by Gasteiger charge is 2.24. The lowest BCUT2D eigenvalue weighted by Crippen LogP contribution is -2.41. The predicted molar refractivity (Wildman–Crippen MR) is 75.8 cm³/mol. The number of sulfone groups is 1. The minimum atomic E-state index is -2.89. The van der Waals surface area contributed by atoms with Crippen molar-refractivity contribution in [1.29, 1.82) is 0 Å². The molecule has 1 fully saturated rings. The maximum atomic E-state index is 11.5. The van der Waals surface area contributed by atoms with Crippen LogP contribution in [0.25, 0.3) is 0 Å². The Hall–Kier alpha value is -0.910. The van der Waals surface area contributed by atoms with Gasteiger partial charge >= 0.3 is 0 Å². The summed E-state index contributed by atoms with van der Waals surface area (Å²) < 4.78 is 23.0. The van der Waals surface area contributed by atoms with E-state index in [1.807, 2.05) is 31.2 Å². The van der Waals surface area contributed by atoms with E-state index in [1.54, 1.807) is 0 Å². The molecule has 2 unspecified atom stereocenters. The van der Waals surface area contributed by atoms with E-state index in [0.717, 1.165) is 17.5 Å². The average molecular weight is 283 g/mol. The second-order valence-corrected chi connectivity index (χ2v) is 7.52. The smallest absolute Gasteiger partial charge is 0.151 e. The highest BCUT2D eigenvalue weighted by atomic mass is 32.2. The van der Waals surface area contributed by atoms with Crippen molar-refractivity contribution < 1.29 is 13.5 Å². The molecule has 106 valence electrons. The molecular weight excluding hydrogens is 262 g/mol. The van der Waals surface area contributed by atoms with Crippen LogP contribution < -0.4 is 5.32 Å². The van der Waals surface area contributed by atoms with Gasteiger partial charge in [-0.3, -0.25) is 0 Å². The van der Waals surface area contributed by atoms with Crippen molar-refractivity contribution in [3.63, 3.8) is 0 Å². The third-order valence-corrected chi connectivity index (χ3v) is 5.35. The molecule has 2 N–H and O–H groups in total. The van der Waals surface area contributed by atoms with Gasteiger partial charge in [0.25, 0.3) is 0 Å². The molecule has 0 amide bonds. The Morgan fingerprint density at radius 2 is 2.05 bits per heavy atom. The quantitative estimate of drug-likeness (QED) is 0.871. The number of benzene rings is 1. The Kier molecular flexibility index (Phi) is 4.60. The maximum absolute atomic E-state index is 11.5. The number of rotatable bonds is 4. The molecule has 4 nitrogen and oxygen atoms in total. The molecule has 19 heavy (non-hydrogen) atoms. The van der Waals surface area contributed by atoms with Gasteiger partial charge in [-0.15, -0.1) is 0 Å².